The number of halogens is 2. The molecule has 1 aromatic carbocycles. The fourth-order valence-corrected chi connectivity index (χ4v) is 2.60. The van der Waals surface area contributed by atoms with Crippen molar-refractivity contribution in [3.63, 3.8) is 0 Å². The number of benzene rings is 1. The van der Waals surface area contributed by atoms with Gasteiger partial charge in [-0.2, -0.15) is 0 Å². The Hall–Kier alpha value is -1.49. The molecule has 0 unspecified atom stereocenters. The largest absolute Gasteiger partial charge is 0.375 e. The summed E-state index contributed by atoms with van der Waals surface area (Å²) in [6.45, 7) is 1.97. The Bertz CT molecular complexity index is 537. The van der Waals surface area contributed by atoms with Crippen molar-refractivity contribution < 1.29 is 8.78 Å². The van der Waals surface area contributed by atoms with Gasteiger partial charge in [-0.05, 0) is 18.1 Å². The van der Waals surface area contributed by atoms with Gasteiger partial charge in [0.1, 0.15) is 11.6 Å². The van der Waals surface area contributed by atoms with Crippen LogP contribution in [0, 0.1) is 11.6 Å². The number of rotatable bonds is 3. The molecule has 0 fully saturated rings. The van der Waals surface area contributed by atoms with Gasteiger partial charge in [-0.3, -0.25) is 0 Å². The third-order valence-corrected chi connectivity index (χ3v) is 3.42. The summed E-state index contributed by atoms with van der Waals surface area (Å²) in [6, 6.07) is 3.61. The summed E-state index contributed by atoms with van der Waals surface area (Å²) in [4.78, 5) is 5.11. The van der Waals surface area contributed by atoms with Gasteiger partial charge in [0.15, 0.2) is 5.13 Å². The minimum Gasteiger partial charge on any atom is -0.375 e. The van der Waals surface area contributed by atoms with Crippen LogP contribution in [0.25, 0.3) is 0 Å². The highest BCUT2D eigenvalue weighted by atomic mass is 32.1. The summed E-state index contributed by atoms with van der Waals surface area (Å²) in [5.41, 5.74) is 6.97. The van der Waals surface area contributed by atoms with E-state index < -0.39 is 11.6 Å². The van der Waals surface area contributed by atoms with Crippen LogP contribution in [-0.2, 0) is 12.8 Å². The summed E-state index contributed by atoms with van der Waals surface area (Å²) in [6.07, 6.45) is 1.16. The molecule has 0 saturated heterocycles. The number of nitrogens with two attached hydrogens (primary N) is 1. The predicted octanol–water partition coefficient (Wildman–Crippen LogP) is 3.16. The molecule has 0 aliphatic rings. The highest BCUT2D eigenvalue weighted by molar-refractivity contribution is 7.15. The van der Waals surface area contributed by atoms with Crippen LogP contribution in [-0.4, -0.2) is 4.98 Å². The molecule has 0 aliphatic heterocycles. The van der Waals surface area contributed by atoms with Crippen molar-refractivity contribution in [2.24, 2.45) is 0 Å². The molecule has 2 aromatic rings. The topological polar surface area (TPSA) is 38.9 Å². The van der Waals surface area contributed by atoms with E-state index in [2.05, 4.69) is 4.98 Å². The van der Waals surface area contributed by atoms with E-state index in [1.54, 1.807) is 0 Å². The number of anilines is 1. The number of hydrogen-bond acceptors (Lipinski definition) is 3. The molecule has 2 rings (SSSR count). The van der Waals surface area contributed by atoms with E-state index in [0.717, 1.165) is 23.1 Å². The standard InChI is InChI=1S/C12H12F2N2S/c1-2-10-11(17-12(15)16-10)5-7-3-4-8(13)6-9(7)14/h3-4,6H,2,5H2,1H3,(H2,15,16). The van der Waals surface area contributed by atoms with Crippen molar-refractivity contribution in [1.29, 1.82) is 0 Å². The van der Waals surface area contributed by atoms with E-state index in [0.29, 0.717) is 17.1 Å². The maximum atomic E-state index is 13.5. The smallest absolute Gasteiger partial charge is 0.180 e. The lowest BCUT2D eigenvalue weighted by Crippen LogP contribution is -1.95. The Morgan fingerprint density at radius 2 is 2.12 bits per heavy atom. The van der Waals surface area contributed by atoms with Gasteiger partial charge in [-0.15, -0.1) is 11.3 Å². The van der Waals surface area contributed by atoms with Gasteiger partial charge in [-0.1, -0.05) is 13.0 Å². The van der Waals surface area contributed by atoms with Crippen molar-refractivity contribution in [2.75, 3.05) is 5.73 Å². The maximum absolute atomic E-state index is 13.5. The molecule has 0 bridgehead atoms. The Morgan fingerprint density at radius 3 is 2.76 bits per heavy atom. The molecule has 2 N–H and O–H groups in total. The zero-order chi connectivity index (χ0) is 12.4. The number of thiazole rings is 1. The van der Waals surface area contributed by atoms with Crippen molar-refractivity contribution in [3.05, 3.63) is 46.0 Å². The first kappa shape index (κ1) is 12.0. The van der Waals surface area contributed by atoms with Gasteiger partial charge >= 0.3 is 0 Å². The van der Waals surface area contributed by atoms with Crippen molar-refractivity contribution >= 4 is 16.5 Å². The second-order valence-electron chi connectivity index (χ2n) is 3.69. The third kappa shape index (κ3) is 2.61. The molecule has 17 heavy (non-hydrogen) atoms. The summed E-state index contributed by atoms with van der Waals surface area (Å²) in [5.74, 6) is -1.09. The molecular formula is C12H12F2N2S. The lowest BCUT2D eigenvalue weighted by Gasteiger charge is -2.02. The fraction of sp³-hybridized carbons (Fsp3) is 0.250. The van der Waals surface area contributed by atoms with Gasteiger partial charge in [0.2, 0.25) is 0 Å². The Morgan fingerprint density at radius 1 is 1.35 bits per heavy atom. The van der Waals surface area contributed by atoms with Crippen LogP contribution < -0.4 is 5.73 Å². The normalized spacial score (nSPS) is 10.8. The second kappa shape index (κ2) is 4.79. The van der Waals surface area contributed by atoms with Crippen LogP contribution in [0.4, 0.5) is 13.9 Å². The van der Waals surface area contributed by atoms with E-state index in [1.807, 2.05) is 6.92 Å². The monoisotopic (exact) mass is 254 g/mol. The third-order valence-electron chi connectivity index (χ3n) is 2.50. The first-order valence-corrected chi connectivity index (χ1v) is 6.09. The number of aryl methyl sites for hydroxylation is 1. The van der Waals surface area contributed by atoms with E-state index >= 15 is 0 Å². The number of hydrogen-bond donors (Lipinski definition) is 1. The van der Waals surface area contributed by atoms with E-state index in [9.17, 15) is 8.78 Å². The van der Waals surface area contributed by atoms with Crippen LogP contribution >= 0.6 is 11.3 Å². The van der Waals surface area contributed by atoms with Gasteiger partial charge in [0, 0.05) is 17.4 Å². The number of nitrogens with zero attached hydrogens (tertiary/aromatic N) is 1. The number of aromatic nitrogens is 1. The highest BCUT2D eigenvalue weighted by Gasteiger charge is 2.11. The van der Waals surface area contributed by atoms with Gasteiger partial charge in [-0.25, -0.2) is 13.8 Å². The molecule has 1 aromatic heterocycles. The summed E-state index contributed by atoms with van der Waals surface area (Å²) in [5, 5.41) is 0.486. The molecule has 0 amide bonds. The van der Waals surface area contributed by atoms with Crippen LogP contribution in [0.1, 0.15) is 23.1 Å². The average Bonchev–Trinajstić information content (AvgIpc) is 2.63. The molecule has 0 aliphatic carbocycles. The molecule has 0 radical (unpaired) electrons. The van der Waals surface area contributed by atoms with Crippen LogP contribution in [0.5, 0.6) is 0 Å². The Kier molecular flexibility index (Phi) is 3.38. The van der Waals surface area contributed by atoms with Gasteiger partial charge < -0.3 is 5.73 Å². The molecule has 90 valence electrons. The van der Waals surface area contributed by atoms with Gasteiger partial charge in [0.25, 0.3) is 0 Å². The predicted molar refractivity (Wildman–Crippen MR) is 65.1 cm³/mol. The fourth-order valence-electron chi connectivity index (χ4n) is 1.66. The first-order chi connectivity index (χ1) is 8.10. The summed E-state index contributed by atoms with van der Waals surface area (Å²) >= 11 is 1.35. The molecule has 0 atom stereocenters. The summed E-state index contributed by atoms with van der Waals surface area (Å²) in [7, 11) is 0. The Balaban J connectivity index is 2.30. The van der Waals surface area contributed by atoms with Gasteiger partial charge in [0.05, 0.1) is 5.69 Å². The van der Waals surface area contributed by atoms with E-state index in [-0.39, 0.29) is 0 Å². The quantitative estimate of drug-likeness (QED) is 0.913. The van der Waals surface area contributed by atoms with Crippen LogP contribution in [0.3, 0.4) is 0 Å². The lowest BCUT2D eigenvalue weighted by molar-refractivity contribution is 0.575. The molecular weight excluding hydrogens is 242 g/mol. The van der Waals surface area contributed by atoms with Crippen LogP contribution in [0.2, 0.25) is 0 Å². The molecule has 5 heteroatoms. The van der Waals surface area contributed by atoms with Crippen molar-refractivity contribution in [3.8, 4) is 0 Å². The zero-order valence-electron chi connectivity index (χ0n) is 9.34. The maximum Gasteiger partial charge on any atom is 0.180 e. The SMILES string of the molecule is CCc1nc(N)sc1Cc1ccc(F)cc1F. The molecule has 1 heterocycles. The van der Waals surface area contributed by atoms with Crippen molar-refractivity contribution in [1.82, 2.24) is 4.98 Å². The lowest BCUT2D eigenvalue weighted by atomic mass is 10.1. The van der Waals surface area contributed by atoms with Crippen LogP contribution in [0.15, 0.2) is 18.2 Å². The average molecular weight is 254 g/mol. The molecule has 0 spiro atoms. The molecule has 2 nitrogen and oxygen atoms in total. The highest BCUT2D eigenvalue weighted by Crippen LogP contribution is 2.25. The number of nitrogen functional groups attached to an aromatic ring is 1. The zero-order valence-corrected chi connectivity index (χ0v) is 10.2. The minimum atomic E-state index is -0.564. The summed E-state index contributed by atoms with van der Waals surface area (Å²) < 4.78 is 26.3. The first-order valence-electron chi connectivity index (χ1n) is 5.28. The molecule has 0 saturated carbocycles. The minimum absolute atomic E-state index is 0.407. The van der Waals surface area contributed by atoms with E-state index in [1.165, 1.54) is 23.5 Å². The van der Waals surface area contributed by atoms with Crippen molar-refractivity contribution in [2.45, 2.75) is 19.8 Å². The van der Waals surface area contributed by atoms with E-state index in [4.69, 9.17) is 5.73 Å². The second-order valence-corrected chi connectivity index (χ2v) is 4.80. The Labute approximate surface area is 102 Å².